The van der Waals surface area contributed by atoms with E-state index in [1.54, 1.807) is 17.1 Å². The van der Waals surface area contributed by atoms with Crippen molar-refractivity contribution in [2.45, 2.75) is 64.1 Å². The highest BCUT2D eigenvalue weighted by Crippen LogP contribution is 2.25. The molecular weight excluding hydrogens is 396 g/mol. The summed E-state index contributed by atoms with van der Waals surface area (Å²) in [5, 5.41) is 10.9. The molecular formula is C22H36N6O3. The molecule has 3 saturated heterocycles. The topological polar surface area (TPSA) is 92.6 Å². The van der Waals surface area contributed by atoms with Gasteiger partial charge < -0.3 is 19.9 Å². The highest BCUT2D eigenvalue weighted by Gasteiger charge is 2.32. The molecule has 3 fully saturated rings. The maximum absolute atomic E-state index is 12.8. The largest absolute Gasteiger partial charge is 0.381 e. The molecule has 0 bridgehead atoms. The zero-order chi connectivity index (χ0) is 21.6. The van der Waals surface area contributed by atoms with Crippen LogP contribution in [0.3, 0.4) is 0 Å². The molecule has 4 heterocycles. The Morgan fingerprint density at radius 2 is 1.77 bits per heavy atom. The number of carbonyl (C=O) groups excluding carboxylic acids is 2. The van der Waals surface area contributed by atoms with E-state index in [0.29, 0.717) is 12.0 Å². The third-order valence-electron chi connectivity index (χ3n) is 7.35. The summed E-state index contributed by atoms with van der Waals surface area (Å²) in [6, 6.07) is 0.745. The van der Waals surface area contributed by atoms with Gasteiger partial charge in [-0.2, -0.15) is 0 Å². The van der Waals surface area contributed by atoms with Crippen LogP contribution in [0, 0.1) is 11.8 Å². The molecule has 1 atom stereocenters. The van der Waals surface area contributed by atoms with E-state index in [1.165, 1.54) is 0 Å². The summed E-state index contributed by atoms with van der Waals surface area (Å²) >= 11 is 0. The van der Waals surface area contributed by atoms with Crippen LogP contribution >= 0.6 is 0 Å². The molecule has 9 heteroatoms. The van der Waals surface area contributed by atoms with Gasteiger partial charge in [0.25, 0.3) is 0 Å². The van der Waals surface area contributed by atoms with Gasteiger partial charge in [0.1, 0.15) is 6.54 Å². The number of hydrogen-bond donors (Lipinski definition) is 1. The van der Waals surface area contributed by atoms with E-state index in [4.69, 9.17) is 4.74 Å². The van der Waals surface area contributed by atoms with Crippen LogP contribution in [0.4, 0.5) is 0 Å². The lowest BCUT2D eigenvalue weighted by molar-refractivity contribution is -0.134. The standard InChI is InChI=1S/C22H36N6O3/c1-17(18-6-14-31-15-7-18)24-22(30)19-2-9-26(10-3-19)20-4-11-27(12-5-20)21(29)16-28-13-8-23-25-28/h8,13,17-20H,2-7,9-12,14-16H2,1H3,(H,24,30). The Morgan fingerprint density at radius 1 is 1.06 bits per heavy atom. The van der Waals surface area contributed by atoms with Crippen LogP contribution in [0.25, 0.3) is 0 Å². The molecule has 0 radical (unpaired) electrons. The normalized spacial score (nSPS) is 23.6. The summed E-state index contributed by atoms with van der Waals surface area (Å²) in [4.78, 5) is 29.7. The van der Waals surface area contributed by atoms with Crippen molar-refractivity contribution in [3.63, 3.8) is 0 Å². The first-order valence-corrected chi connectivity index (χ1v) is 11.8. The SMILES string of the molecule is CC(NC(=O)C1CCN(C2CCN(C(=O)Cn3ccnn3)CC2)CC1)C1CCOCC1. The third kappa shape index (κ3) is 5.83. The van der Waals surface area contributed by atoms with Gasteiger partial charge in [0.2, 0.25) is 11.8 Å². The molecule has 2 amide bonds. The van der Waals surface area contributed by atoms with Gasteiger partial charge in [0.05, 0.1) is 6.20 Å². The van der Waals surface area contributed by atoms with Gasteiger partial charge >= 0.3 is 0 Å². The fourth-order valence-electron chi connectivity index (χ4n) is 5.24. The van der Waals surface area contributed by atoms with E-state index < -0.39 is 0 Å². The second-order valence-electron chi connectivity index (χ2n) is 9.27. The van der Waals surface area contributed by atoms with E-state index in [0.717, 1.165) is 77.9 Å². The molecule has 0 saturated carbocycles. The van der Waals surface area contributed by atoms with Gasteiger partial charge in [-0.1, -0.05) is 5.21 Å². The molecule has 3 aliphatic rings. The quantitative estimate of drug-likeness (QED) is 0.718. The van der Waals surface area contributed by atoms with Crippen molar-refractivity contribution in [3.8, 4) is 0 Å². The molecule has 0 spiro atoms. The predicted molar refractivity (Wildman–Crippen MR) is 115 cm³/mol. The van der Waals surface area contributed by atoms with Crippen LogP contribution in [0.5, 0.6) is 0 Å². The summed E-state index contributed by atoms with van der Waals surface area (Å²) < 4.78 is 7.01. The van der Waals surface area contributed by atoms with E-state index >= 15 is 0 Å². The van der Waals surface area contributed by atoms with Crippen LogP contribution in [0.1, 0.15) is 45.4 Å². The smallest absolute Gasteiger partial charge is 0.244 e. The highest BCUT2D eigenvalue weighted by atomic mass is 16.5. The lowest BCUT2D eigenvalue weighted by atomic mass is 9.90. The first kappa shape index (κ1) is 22.2. The number of hydrogen-bond acceptors (Lipinski definition) is 6. The molecule has 0 aliphatic carbocycles. The minimum absolute atomic E-state index is 0.109. The summed E-state index contributed by atoms with van der Waals surface area (Å²) in [5.74, 6) is 1.00. The van der Waals surface area contributed by atoms with Gasteiger partial charge in [-0.25, -0.2) is 4.68 Å². The zero-order valence-corrected chi connectivity index (χ0v) is 18.6. The monoisotopic (exact) mass is 432 g/mol. The van der Waals surface area contributed by atoms with Crippen LogP contribution < -0.4 is 5.32 Å². The van der Waals surface area contributed by atoms with Crippen molar-refractivity contribution in [2.75, 3.05) is 39.4 Å². The third-order valence-corrected chi connectivity index (χ3v) is 7.35. The number of nitrogens with one attached hydrogen (secondary N) is 1. The Kier molecular flexibility index (Phi) is 7.55. The van der Waals surface area contributed by atoms with E-state index in [-0.39, 0.29) is 30.3 Å². The van der Waals surface area contributed by atoms with Crippen molar-refractivity contribution in [1.29, 1.82) is 0 Å². The number of nitrogens with zero attached hydrogens (tertiary/aromatic N) is 5. The zero-order valence-electron chi connectivity index (χ0n) is 18.6. The molecule has 1 unspecified atom stereocenters. The van der Waals surface area contributed by atoms with Crippen LogP contribution in [-0.4, -0.2) is 88.1 Å². The number of piperidine rings is 2. The van der Waals surface area contributed by atoms with Crippen LogP contribution in [-0.2, 0) is 20.9 Å². The lowest BCUT2D eigenvalue weighted by Crippen LogP contribution is -2.51. The predicted octanol–water partition coefficient (Wildman–Crippen LogP) is 0.912. The first-order valence-electron chi connectivity index (χ1n) is 11.8. The fraction of sp³-hybridized carbons (Fsp3) is 0.818. The van der Waals surface area contributed by atoms with Gasteiger partial charge in [-0.05, 0) is 64.5 Å². The second-order valence-corrected chi connectivity index (χ2v) is 9.27. The van der Waals surface area contributed by atoms with Crippen molar-refractivity contribution in [1.82, 2.24) is 30.1 Å². The van der Waals surface area contributed by atoms with Gasteiger partial charge in [0, 0.05) is 50.5 Å². The van der Waals surface area contributed by atoms with Crippen molar-refractivity contribution < 1.29 is 14.3 Å². The number of amides is 2. The molecule has 4 rings (SSSR count). The summed E-state index contributed by atoms with van der Waals surface area (Å²) in [5.41, 5.74) is 0. The maximum Gasteiger partial charge on any atom is 0.244 e. The van der Waals surface area contributed by atoms with Crippen molar-refractivity contribution in [3.05, 3.63) is 12.4 Å². The van der Waals surface area contributed by atoms with Gasteiger partial charge in [-0.3, -0.25) is 9.59 Å². The number of likely N-dealkylation sites (tertiary alicyclic amines) is 2. The summed E-state index contributed by atoms with van der Waals surface area (Å²) in [7, 11) is 0. The Bertz CT molecular complexity index is 705. The van der Waals surface area contributed by atoms with Crippen LogP contribution in [0.15, 0.2) is 12.4 Å². The highest BCUT2D eigenvalue weighted by molar-refractivity contribution is 5.79. The van der Waals surface area contributed by atoms with Gasteiger partial charge in [0.15, 0.2) is 0 Å². The Labute approximate surface area is 184 Å². The first-order chi connectivity index (χ1) is 15.1. The minimum Gasteiger partial charge on any atom is -0.381 e. The van der Waals surface area contributed by atoms with E-state index in [9.17, 15) is 9.59 Å². The molecule has 1 aromatic rings. The second kappa shape index (κ2) is 10.5. The van der Waals surface area contributed by atoms with Crippen molar-refractivity contribution in [2.24, 2.45) is 11.8 Å². The molecule has 172 valence electrons. The molecule has 3 aliphatic heterocycles. The maximum atomic E-state index is 12.8. The number of carbonyl (C=O) groups is 2. The average Bonchev–Trinajstić information content (AvgIpc) is 3.33. The van der Waals surface area contributed by atoms with Gasteiger partial charge in [-0.15, -0.1) is 5.10 Å². The minimum atomic E-state index is 0.109. The molecule has 31 heavy (non-hydrogen) atoms. The Morgan fingerprint density at radius 3 is 2.42 bits per heavy atom. The molecule has 1 aromatic heterocycles. The number of rotatable bonds is 6. The van der Waals surface area contributed by atoms with Crippen LogP contribution in [0.2, 0.25) is 0 Å². The summed E-state index contributed by atoms with van der Waals surface area (Å²) in [6.45, 7) is 7.56. The lowest BCUT2D eigenvalue weighted by Gasteiger charge is -2.41. The van der Waals surface area contributed by atoms with Crippen molar-refractivity contribution >= 4 is 11.8 Å². The fourth-order valence-corrected chi connectivity index (χ4v) is 5.24. The van der Waals surface area contributed by atoms with E-state index in [1.807, 2.05) is 4.90 Å². The number of aromatic nitrogens is 3. The average molecular weight is 433 g/mol. The summed E-state index contributed by atoms with van der Waals surface area (Å²) in [6.07, 6.45) is 9.25. The Hall–Kier alpha value is -2.00. The molecule has 0 aromatic carbocycles. The number of ether oxygens (including phenoxy) is 1. The Balaban J connectivity index is 1.16. The molecule has 1 N–H and O–H groups in total. The van der Waals surface area contributed by atoms with E-state index in [2.05, 4.69) is 27.5 Å². The molecule has 9 nitrogen and oxygen atoms in total.